The highest BCUT2D eigenvalue weighted by atomic mass is 16.5. The van der Waals surface area contributed by atoms with Gasteiger partial charge in [-0.15, -0.1) is 0 Å². The lowest BCUT2D eigenvalue weighted by atomic mass is 9.98. The second-order valence-electron chi connectivity index (χ2n) is 3.06. The molecule has 0 atom stereocenters. The van der Waals surface area contributed by atoms with Gasteiger partial charge in [-0.3, -0.25) is 4.99 Å². The Kier molecular flexibility index (Phi) is 2.05. The van der Waals surface area contributed by atoms with Crippen LogP contribution in [-0.4, -0.2) is 12.8 Å². The van der Waals surface area contributed by atoms with Crippen molar-refractivity contribution in [3.8, 4) is 5.75 Å². The summed E-state index contributed by atoms with van der Waals surface area (Å²) >= 11 is 0. The third kappa shape index (κ3) is 1.44. The van der Waals surface area contributed by atoms with Gasteiger partial charge in [-0.2, -0.15) is 0 Å². The van der Waals surface area contributed by atoms with E-state index in [0.717, 1.165) is 17.9 Å². The Morgan fingerprint density at radius 3 is 3.08 bits per heavy atom. The molecule has 0 amide bonds. The van der Waals surface area contributed by atoms with Crippen molar-refractivity contribution in [2.45, 2.75) is 13.3 Å². The number of hydrogen-bond acceptors (Lipinski definition) is 2. The van der Waals surface area contributed by atoms with E-state index in [4.69, 9.17) is 4.74 Å². The Bertz CT molecular complexity index is 355. The third-order valence-corrected chi connectivity index (χ3v) is 2.22. The lowest BCUT2D eigenvalue weighted by molar-refractivity contribution is 0.414. The zero-order chi connectivity index (χ0) is 9.26. The molecule has 1 aliphatic rings. The number of aliphatic imine (C=N–C) groups is 1. The van der Waals surface area contributed by atoms with E-state index >= 15 is 0 Å². The van der Waals surface area contributed by atoms with Crippen LogP contribution in [0.5, 0.6) is 5.75 Å². The standard InChI is InChI=1S/C11H11NO/c1-8-11-4-3-10(13-2)7-9(11)5-6-12-8/h3-4,7H,5H2,1-2H3. The van der Waals surface area contributed by atoms with E-state index in [2.05, 4.69) is 11.5 Å². The minimum atomic E-state index is 0.782. The summed E-state index contributed by atoms with van der Waals surface area (Å²) in [6.45, 7) is 4.97. The van der Waals surface area contributed by atoms with Gasteiger partial charge in [0, 0.05) is 12.1 Å². The highest BCUT2D eigenvalue weighted by molar-refractivity contribution is 6.01. The first-order valence-corrected chi connectivity index (χ1v) is 4.25. The van der Waals surface area contributed by atoms with Crippen molar-refractivity contribution in [1.29, 1.82) is 0 Å². The van der Waals surface area contributed by atoms with E-state index in [1.807, 2.05) is 25.1 Å². The zero-order valence-corrected chi connectivity index (χ0v) is 7.79. The fraction of sp³-hybridized carbons (Fsp3) is 0.273. The monoisotopic (exact) mass is 173 g/mol. The van der Waals surface area contributed by atoms with E-state index in [0.29, 0.717) is 0 Å². The highest BCUT2D eigenvalue weighted by Crippen LogP contribution is 2.22. The van der Waals surface area contributed by atoms with E-state index in [1.54, 1.807) is 7.11 Å². The summed E-state index contributed by atoms with van der Waals surface area (Å²) in [5.74, 6) is 0.898. The topological polar surface area (TPSA) is 21.6 Å². The van der Waals surface area contributed by atoms with E-state index in [9.17, 15) is 0 Å². The molecule has 66 valence electrons. The summed E-state index contributed by atoms with van der Waals surface area (Å²) in [6.07, 6.45) is 0.782. The van der Waals surface area contributed by atoms with Crippen LogP contribution in [0.15, 0.2) is 23.2 Å². The van der Waals surface area contributed by atoms with Crippen LogP contribution in [0, 0.1) is 6.54 Å². The first-order chi connectivity index (χ1) is 6.31. The van der Waals surface area contributed by atoms with Crippen molar-refractivity contribution >= 4 is 5.71 Å². The molecule has 0 spiro atoms. The fourth-order valence-corrected chi connectivity index (χ4v) is 1.50. The molecular formula is C11H11NO. The number of benzene rings is 1. The Balaban J connectivity index is 2.48. The molecule has 1 aromatic carbocycles. The van der Waals surface area contributed by atoms with Crippen molar-refractivity contribution in [3.63, 3.8) is 0 Å². The summed E-state index contributed by atoms with van der Waals surface area (Å²) in [7, 11) is 1.68. The van der Waals surface area contributed by atoms with E-state index < -0.39 is 0 Å². The van der Waals surface area contributed by atoms with E-state index in [-0.39, 0.29) is 0 Å². The predicted octanol–water partition coefficient (Wildman–Crippen LogP) is 2.10. The largest absolute Gasteiger partial charge is 0.497 e. The average Bonchev–Trinajstić information content (AvgIpc) is 2.18. The Hall–Kier alpha value is -1.31. The van der Waals surface area contributed by atoms with Crippen LogP contribution in [0.2, 0.25) is 0 Å². The van der Waals surface area contributed by atoms with Gasteiger partial charge < -0.3 is 4.74 Å². The molecule has 0 fully saturated rings. The quantitative estimate of drug-likeness (QED) is 0.637. The summed E-state index contributed by atoms with van der Waals surface area (Å²) in [5.41, 5.74) is 3.48. The van der Waals surface area contributed by atoms with Crippen LogP contribution in [0.4, 0.5) is 0 Å². The number of methoxy groups -OCH3 is 1. The van der Waals surface area contributed by atoms with E-state index in [1.165, 1.54) is 11.1 Å². The molecule has 0 bridgehead atoms. The summed E-state index contributed by atoms with van der Waals surface area (Å²) in [6, 6.07) is 6.05. The molecule has 1 aromatic rings. The first-order valence-electron chi connectivity index (χ1n) is 4.25. The molecule has 2 rings (SSSR count). The summed E-state index contributed by atoms with van der Waals surface area (Å²) in [5, 5.41) is 0. The van der Waals surface area contributed by atoms with Crippen molar-refractivity contribution < 1.29 is 4.74 Å². The zero-order valence-electron chi connectivity index (χ0n) is 7.79. The predicted molar refractivity (Wildman–Crippen MR) is 52.2 cm³/mol. The Labute approximate surface area is 78.3 Å². The van der Waals surface area contributed by atoms with Crippen LogP contribution >= 0.6 is 0 Å². The van der Waals surface area contributed by atoms with Crippen molar-refractivity contribution in [3.05, 3.63) is 35.9 Å². The van der Waals surface area contributed by atoms with Gasteiger partial charge in [-0.1, -0.05) is 0 Å². The molecule has 0 saturated heterocycles. The van der Waals surface area contributed by atoms with Crippen molar-refractivity contribution in [2.24, 2.45) is 4.99 Å². The Morgan fingerprint density at radius 2 is 2.31 bits per heavy atom. The molecule has 2 radical (unpaired) electrons. The van der Waals surface area contributed by atoms with Crippen LogP contribution < -0.4 is 4.74 Å². The lowest BCUT2D eigenvalue weighted by Gasteiger charge is -2.14. The molecule has 1 aliphatic heterocycles. The van der Waals surface area contributed by atoms with Gasteiger partial charge in [0.1, 0.15) is 12.3 Å². The van der Waals surface area contributed by atoms with Gasteiger partial charge >= 0.3 is 0 Å². The van der Waals surface area contributed by atoms with Crippen LogP contribution in [0.25, 0.3) is 0 Å². The molecule has 0 unspecified atom stereocenters. The lowest BCUT2D eigenvalue weighted by Crippen LogP contribution is -2.06. The number of rotatable bonds is 1. The fourth-order valence-electron chi connectivity index (χ4n) is 1.50. The molecule has 2 heteroatoms. The minimum Gasteiger partial charge on any atom is -0.497 e. The molecule has 1 heterocycles. The number of fused-ring (bicyclic) bond motifs is 1. The van der Waals surface area contributed by atoms with Gasteiger partial charge in [-0.25, -0.2) is 0 Å². The molecule has 13 heavy (non-hydrogen) atoms. The second kappa shape index (κ2) is 3.21. The summed E-state index contributed by atoms with van der Waals surface area (Å²) < 4.78 is 5.15. The normalized spacial score (nSPS) is 14.8. The third-order valence-electron chi connectivity index (χ3n) is 2.22. The van der Waals surface area contributed by atoms with Crippen LogP contribution in [0.3, 0.4) is 0 Å². The maximum absolute atomic E-state index is 5.15. The average molecular weight is 173 g/mol. The van der Waals surface area contributed by atoms with Crippen molar-refractivity contribution in [1.82, 2.24) is 0 Å². The summed E-state index contributed by atoms with van der Waals surface area (Å²) in [4.78, 5) is 4.15. The first kappa shape index (κ1) is 8.30. The maximum atomic E-state index is 5.15. The molecule has 0 saturated carbocycles. The molecule has 2 nitrogen and oxygen atoms in total. The van der Waals surface area contributed by atoms with Gasteiger partial charge in [-0.05, 0) is 36.2 Å². The molecular weight excluding hydrogens is 162 g/mol. The number of nitrogens with zero attached hydrogens (tertiary/aromatic N) is 1. The van der Waals surface area contributed by atoms with Crippen LogP contribution in [-0.2, 0) is 6.42 Å². The molecule has 0 aromatic heterocycles. The molecule has 0 N–H and O–H groups in total. The van der Waals surface area contributed by atoms with Crippen molar-refractivity contribution in [2.75, 3.05) is 7.11 Å². The van der Waals surface area contributed by atoms with Crippen LogP contribution in [0.1, 0.15) is 18.1 Å². The van der Waals surface area contributed by atoms with Gasteiger partial charge in [0.25, 0.3) is 0 Å². The number of hydrogen-bond donors (Lipinski definition) is 0. The minimum absolute atomic E-state index is 0.782. The van der Waals surface area contributed by atoms with Gasteiger partial charge in [0.05, 0.1) is 7.11 Å². The molecule has 0 aliphatic carbocycles. The van der Waals surface area contributed by atoms with Gasteiger partial charge in [0.2, 0.25) is 0 Å². The second-order valence-corrected chi connectivity index (χ2v) is 3.06. The highest BCUT2D eigenvalue weighted by Gasteiger charge is 2.11. The Morgan fingerprint density at radius 1 is 1.46 bits per heavy atom. The SMILES string of the molecule is COc1ccc2c(c1)C[C]N=C2C. The smallest absolute Gasteiger partial charge is 0.121 e. The van der Waals surface area contributed by atoms with Gasteiger partial charge in [0.15, 0.2) is 0 Å². The maximum Gasteiger partial charge on any atom is 0.121 e. The number of ether oxygens (including phenoxy) is 1.